The van der Waals surface area contributed by atoms with Gasteiger partial charge in [-0.15, -0.1) is 11.3 Å². The number of thiophene rings is 1. The van der Waals surface area contributed by atoms with E-state index in [0.29, 0.717) is 36.4 Å². The molecule has 0 fully saturated rings. The second-order valence-corrected chi connectivity index (χ2v) is 8.80. The fourth-order valence-corrected chi connectivity index (χ4v) is 3.44. The van der Waals surface area contributed by atoms with Crippen LogP contribution in [-0.4, -0.2) is 51.4 Å². The predicted molar refractivity (Wildman–Crippen MR) is 100 cm³/mol. The first kappa shape index (κ1) is 21.2. The molecule has 0 radical (unpaired) electrons. The van der Waals surface area contributed by atoms with Crippen LogP contribution < -0.4 is 15.4 Å². The van der Waals surface area contributed by atoms with Crippen molar-refractivity contribution in [3.63, 3.8) is 0 Å². The van der Waals surface area contributed by atoms with Crippen LogP contribution in [0.4, 0.5) is 0 Å². The maximum atomic E-state index is 11.3. The van der Waals surface area contributed by atoms with Gasteiger partial charge >= 0.3 is 0 Å². The summed E-state index contributed by atoms with van der Waals surface area (Å²) in [5.41, 5.74) is 0. The van der Waals surface area contributed by atoms with Gasteiger partial charge in [0, 0.05) is 24.5 Å². The first-order valence-corrected chi connectivity index (χ1v) is 10.7. The van der Waals surface area contributed by atoms with E-state index >= 15 is 0 Å². The maximum absolute atomic E-state index is 11.3. The minimum atomic E-state index is -3.15. The first-order valence-electron chi connectivity index (χ1n) is 7.80. The van der Waals surface area contributed by atoms with Crippen molar-refractivity contribution < 1.29 is 13.5 Å². The molecule has 0 saturated carbocycles. The smallest absolute Gasteiger partial charge is 0.211 e. The molecule has 0 bridgehead atoms. The van der Waals surface area contributed by atoms with Crippen LogP contribution in [0.25, 0.3) is 0 Å². The number of aliphatic imine (C=N–C) groups is 1. The highest BCUT2D eigenvalue weighted by Gasteiger charge is 2.10. The topological polar surface area (TPSA) is 103 Å². The van der Waals surface area contributed by atoms with Gasteiger partial charge in [-0.05, 0) is 32.4 Å². The van der Waals surface area contributed by atoms with Gasteiger partial charge in [-0.25, -0.2) is 13.1 Å². The Labute approximate surface area is 152 Å². The Morgan fingerprint density at radius 1 is 1.33 bits per heavy atom. The van der Waals surface area contributed by atoms with E-state index < -0.39 is 16.1 Å². The number of rotatable bonds is 10. The number of aliphatic hydroxyl groups is 1. The van der Waals surface area contributed by atoms with Crippen LogP contribution in [0.15, 0.2) is 17.1 Å². The van der Waals surface area contributed by atoms with Gasteiger partial charge < -0.3 is 15.7 Å². The number of guanidine groups is 1. The predicted octanol–water partition coefficient (Wildman–Crippen LogP) is 1.32. The summed E-state index contributed by atoms with van der Waals surface area (Å²) < 4.78 is 25.8. The lowest BCUT2D eigenvalue weighted by molar-refractivity contribution is 0.191. The third-order valence-electron chi connectivity index (χ3n) is 3.04. The van der Waals surface area contributed by atoms with Crippen molar-refractivity contribution >= 4 is 38.9 Å². The Kier molecular flexibility index (Phi) is 9.60. The fourth-order valence-electron chi connectivity index (χ4n) is 1.74. The van der Waals surface area contributed by atoms with Crippen LogP contribution in [-0.2, 0) is 10.0 Å². The van der Waals surface area contributed by atoms with Crippen LogP contribution >= 0.6 is 22.9 Å². The molecule has 138 valence electrons. The Balaban J connectivity index is 2.39. The molecule has 1 atom stereocenters. The van der Waals surface area contributed by atoms with Crippen molar-refractivity contribution in [2.75, 3.05) is 31.9 Å². The van der Waals surface area contributed by atoms with Crippen LogP contribution in [0.3, 0.4) is 0 Å². The van der Waals surface area contributed by atoms with Gasteiger partial charge in [0.05, 0.1) is 16.6 Å². The second kappa shape index (κ2) is 10.9. The summed E-state index contributed by atoms with van der Waals surface area (Å²) in [6.07, 6.45) is -0.0680. The molecule has 4 N–H and O–H groups in total. The number of halogens is 1. The highest BCUT2D eigenvalue weighted by molar-refractivity contribution is 7.89. The van der Waals surface area contributed by atoms with Gasteiger partial charge in [-0.1, -0.05) is 11.6 Å². The lowest BCUT2D eigenvalue weighted by Crippen LogP contribution is -2.39. The molecule has 0 aliphatic heterocycles. The third-order valence-corrected chi connectivity index (χ3v) is 5.77. The molecule has 7 nitrogen and oxygen atoms in total. The number of hydrogen-bond donors (Lipinski definition) is 4. The van der Waals surface area contributed by atoms with E-state index in [-0.39, 0.29) is 12.3 Å². The summed E-state index contributed by atoms with van der Waals surface area (Å²) in [6.45, 7) is 5.40. The molecule has 0 aliphatic rings. The summed E-state index contributed by atoms with van der Waals surface area (Å²) in [5, 5.41) is 16.3. The lowest BCUT2D eigenvalue weighted by atomic mass is 10.3. The molecule has 1 unspecified atom stereocenters. The summed E-state index contributed by atoms with van der Waals surface area (Å²) in [5.74, 6) is 0.660. The summed E-state index contributed by atoms with van der Waals surface area (Å²) in [6, 6.07) is 3.53. The highest BCUT2D eigenvalue weighted by atomic mass is 35.5. The molecule has 0 amide bonds. The van der Waals surface area contributed by atoms with Crippen molar-refractivity contribution in [1.82, 2.24) is 15.4 Å². The van der Waals surface area contributed by atoms with Crippen LogP contribution in [0.2, 0.25) is 4.34 Å². The van der Waals surface area contributed by atoms with Gasteiger partial charge in [0.1, 0.15) is 6.10 Å². The zero-order valence-electron chi connectivity index (χ0n) is 13.9. The number of nitrogens with one attached hydrogen (secondary N) is 3. The van der Waals surface area contributed by atoms with Crippen molar-refractivity contribution in [1.29, 1.82) is 0 Å². The molecule has 0 spiro atoms. The molecule has 24 heavy (non-hydrogen) atoms. The number of aliphatic hydroxyl groups excluding tert-OH is 1. The Morgan fingerprint density at radius 3 is 2.67 bits per heavy atom. The molecule has 1 rings (SSSR count). The normalized spacial score (nSPS) is 13.8. The van der Waals surface area contributed by atoms with Crippen molar-refractivity contribution in [3.8, 4) is 0 Å². The number of nitrogens with zero attached hydrogens (tertiary/aromatic N) is 1. The van der Waals surface area contributed by atoms with Gasteiger partial charge in [0.25, 0.3) is 0 Å². The van der Waals surface area contributed by atoms with Crippen molar-refractivity contribution in [3.05, 3.63) is 21.3 Å². The van der Waals surface area contributed by atoms with E-state index in [0.717, 1.165) is 4.88 Å². The maximum Gasteiger partial charge on any atom is 0.211 e. The van der Waals surface area contributed by atoms with Gasteiger partial charge in [-0.3, -0.25) is 4.99 Å². The molecular weight excluding hydrogens is 372 g/mol. The number of hydrogen-bond acceptors (Lipinski definition) is 5. The minimum absolute atomic E-state index is 0.0785. The highest BCUT2D eigenvalue weighted by Crippen LogP contribution is 2.26. The minimum Gasteiger partial charge on any atom is -0.386 e. The average molecular weight is 397 g/mol. The van der Waals surface area contributed by atoms with E-state index in [2.05, 4.69) is 20.3 Å². The summed E-state index contributed by atoms with van der Waals surface area (Å²) in [7, 11) is -3.15. The van der Waals surface area contributed by atoms with Gasteiger partial charge in [0.2, 0.25) is 10.0 Å². The van der Waals surface area contributed by atoms with Crippen molar-refractivity contribution in [2.24, 2.45) is 4.99 Å². The fraction of sp³-hybridized carbons (Fsp3) is 0.643. The SMILES string of the molecule is CCNC(=NCC(O)c1ccc(Cl)s1)NCCCNS(=O)(=O)CC. The Hall–Kier alpha value is -0.870. The summed E-state index contributed by atoms with van der Waals surface area (Å²) in [4.78, 5) is 5.10. The number of sulfonamides is 1. The summed E-state index contributed by atoms with van der Waals surface area (Å²) >= 11 is 7.19. The standard InChI is InChI=1S/C14H25ClN4O3S2/c1-3-16-14(17-8-5-9-19-24(21,22)4-2)18-10-11(20)12-6-7-13(15)23-12/h6-7,11,19-20H,3-5,8-10H2,1-2H3,(H2,16,17,18). The van der Waals surface area contributed by atoms with Crippen LogP contribution in [0.5, 0.6) is 0 Å². The van der Waals surface area contributed by atoms with Gasteiger partial charge in [-0.2, -0.15) is 0 Å². The quantitative estimate of drug-likeness (QED) is 0.271. The molecular formula is C14H25ClN4O3S2. The van der Waals surface area contributed by atoms with Crippen LogP contribution in [0, 0.1) is 0 Å². The molecule has 10 heteroatoms. The lowest BCUT2D eigenvalue weighted by Gasteiger charge is -2.12. The van der Waals surface area contributed by atoms with Crippen LogP contribution in [0.1, 0.15) is 31.2 Å². The zero-order valence-corrected chi connectivity index (χ0v) is 16.3. The molecule has 0 saturated heterocycles. The van der Waals surface area contributed by atoms with E-state index in [1.807, 2.05) is 6.92 Å². The molecule has 1 aromatic rings. The molecule has 0 aromatic carbocycles. The Bertz CT molecular complexity index is 619. The third kappa shape index (κ3) is 8.29. The second-order valence-electron chi connectivity index (χ2n) is 4.96. The average Bonchev–Trinajstić information content (AvgIpc) is 2.98. The van der Waals surface area contributed by atoms with E-state index in [4.69, 9.17) is 11.6 Å². The zero-order chi connectivity index (χ0) is 18.0. The molecule has 0 aliphatic carbocycles. The van der Waals surface area contributed by atoms with E-state index in [1.54, 1.807) is 19.1 Å². The Morgan fingerprint density at radius 2 is 2.08 bits per heavy atom. The van der Waals surface area contributed by atoms with Gasteiger partial charge in [0.15, 0.2) is 5.96 Å². The monoisotopic (exact) mass is 396 g/mol. The molecule has 1 aromatic heterocycles. The largest absolute Gasteiger partial charge is 0.386 e. The van der Waals surface area contributed by atoms with E-state index in [1.165, 1.54) is 11.3 Å². The van der Waals surface area contributed by atoms with E-state index in [9.17, 15) is 13.5 Å². The molecule has 1 heterocycles. The van der Waals surface area contributed by atoms with Crippen molar-refractivity contribution in [2.45, 2.75) is 26.4 Å². The first-order chi connectivity index (χ1) is 11.4.